The molecule has 0 bridgehead atoms. The predicted molar refractivity (Wildman–Crippen MR) is 127 cm³/mol. The molecule has 3 rings (SSSR count). The van der Waals surface area contributed by atoms with Crippen molar-refractivity contribution in [1.82, 2.24) is 20.2 Å². The van der Waals surface area contributed by atoms with Crippen LogP contribution in [0.1, 0.15) is 38.0 Å². The molecule has 0 amide bonds. The number of benzene rings is 1. The van der Waals surface area contributed by atoms with E-state index in [4.69, 9.17) is 4.42 Å². The summed E-state index contributed by atoms with van der Waals surface area (Å²) >= 11 is 1.38. The van der Waals surface area contributed by atoms with E-state index in [1.165, 1.54) is 16.9 Å². The quantitative estimate of drug-likeness (QED) is 0.439. The van der Waals surface area contributed by atoms with Crippen molar-refractivity contribution in [1.29, 1.82) is 0 Å². The van der Waals surface area contributed by atoms with Crippen LogP contribution in [-0.2, 0) is 28.5 Å². The van der Waals surface area contributed by atoms with Gasteiger partial charge >= 0.3 is 0 Å². The zero-order chi connectivity index (χ0) is 22.4. The van der Waals surface area contributed by atoms with Crippen LogP contribution in [0.25, 0.3) is 0 Å². The van der Waals surface area contributed by atoms with Gasteiger partial charge in [-0.05, 0) is 31.8 Å². The molecule has 1 atom stereocenters. The molecule has 2 heterocycles. The van der Waals surface area contributed by atoms with E-state index >= 15 is 0 Å². The highest BCUT2D eigenvalue weighted by Crippen LogP contribution is 2.28. The lowest BCUT2D eigenvalue weighted by atomic mass is 9.94. The summed E-state index contributed by atoms with van der Waals surface area (Å²) < 4.78 is 19.2. The number of aromatic nitrogens is 2. The molecule has 0 spiro atoms. The zero-order valence-electron chi connectivity index (χ0n) is 18.8. The highest BCUT2D eigenvalue weighted by molar-refractivity contribution is 7.86. The monoisotopic (exact) mass is 461 g/mol. The van der Waals surface area contributed by atoms with Gasteiger partial charge in [0.05, 0.1) is 23.2 Å². The molecule has 0 fully saturated rings. The van der Waals surface area contributed by atoms with Gasteiger partial charge in [-0.25, -0.2) is 9.97 Å². The van der Waals surface area contributed by atoms with Crippen LogP contribution in [0.2, 0.25) is 0 Å². The zero-order valence-corrected chi connectivity index (χ0v) is 20.4. The molecule has 0 aliphatic rings. The largest absolute Gasteiger partial charge is 0.444 e. The molecule has 168 valence electrons. The van der Waals surface area contributed by atoms with Gasteiger partial charge in [0.1, 0.15) is 15.7 Å². The standard InChI is InChI=1S/C22H31N5O2S2/c1-22(2,3)18-13-24-19(29-18)15-31(28)20-14-25-21(30-20)26-17-8-6-7-16(11-17)12-23-9-10-27(4)5/h6-8,11,13-14,23H,9-10,12,15H2,1-5H3,(H,25,26). The van der Waals surface area contributed by atoms with Gasteiger partial charge in [0.25, 0.3) is 0 Å². The van der Waals surface area contributed by atoms with E-state index in [-0.39, 0.29) is 11.2 Å². The van der Waals surface area contributed by atoms with Crippen molar-refractivity contribution in [3.05, 3.63) is 53.9 Å². The first-order chi connectivity index (χ1) is 14.7. The van der Waals surface area contributed by atoms with Crippen LogP contribution in [0.15, 0.2) is 45.3 Å². The summed E-state index contributed by atoms with van der Waals surface area (Å²) in [7, 11) is 2.88. The van der Waals surface area contributed by atoms with Gasteiger partial charge < -0.3 is 20.0 Å². The van der Waals surface area contributed by atoms with Gasteiger partial charge in [-0.3, -0.25) is 4.21 Å². The fourth-order valence-electron chi connectivity index (χ4n) is 2.75. The van der Waals surface area contributed by atoms with Crippen molar-refractivity contribution in [2.24, 2.45) is 0 Å². The molecule has 0 aliphatic carbocycles. The minimum Gasteiger partial charge on any atom is -0.444 e. The fourth-order valence-corrected chi connectivity index (χ4v) is 4.77. The molecule has 3 aromatic rings. The highest BCUT2D eigenvalue weighted by Gasteiger charge is 2.20. The summed E-state index contributed by atoms with van der Waals surface area (Å²) in [5, 5.41) is 7.47. The van der Waals surface area contributed by atoms with Crippen LogP contribution >= 0.6 is 11.3 Å². The number of likely N-dealkylation sites (N-methyl/N-ethyl adjacent to an activating group) is 1. The second kappa shape index (κ2) is 10.5. The van der Waals surface area contributed by atoms with Gasteiger partial charge in [0.15, 0.2) is 5.13 Å². The Bertz CT molecular complexity index is 1010. The Kier molecular flexibility index (Phi) is 7.99. The number of hydrogen-bond acceptors (Lipinski definition) is 8. The van der Waals surface area contributed by atoms with Crippen LogP contribution in [0, 0.1) is 0 Å². The van der Waals surface area contributed by atoms with Gasteiger partial charge in [0.2, 0.25) is 5.89 Å². The number of nitrogens with one attached hydrogen (secondary N) is 2. The van der Waals surface area contributed by atoms with Gasteiger partial charge in [0, 0.05) is 30.7 Å². The summed E-state index contributed by atoms with van der Waals surface area (Å²) in [5.41, 5.74) is 2.04. The van der Waals surface area contributed by atoms with Crippen LogP contribution < -0.4 is 10.6 Å². The number of rotatable bonds is 10. The molecule has 9 heteroatoms. The molecule has 0 radical (unpaired) electrons. The van der Waals surface area contributed by atoms with Crippen molar-refractivity contribution in [3.63, 3.8) is 0 Å². The Balaban J connectivity index is 1.56. The summed E-state index contributed by atoms with van der Waals surface area (Å²) in [4.78, 5) is 10.8. The third-order valence-electron chi connectivity index (χ3n) is 4.50. The first-order valence-corrected chi connectivity index (χ1v) is 12.3. The Labute approximate surface area is 190 Å². The van der Waals surface area contributed by atoms with Crippen LogP contribution in [0.4, 0.5) is 10.8 Å². The molecular formula is C22H31N5O2S2. The number of nitrogens with zero attached hydrogens (tertiary/aromatic N) is 3. The minimum absolute atomic E-state index is 0.120. The summed E-state index contributed by atoms with van der Waals surface area (Å²) in [5.74, 6) is 1.52. The lowest BCUT2D eigenvalue weighted by Crippen LogP contribution is -2.26. The Morgan fingerprint density at radius 1 is 1.19 bits per heavy atom. The molecule has 0 aliphatic heterocycles. The molecule has 1 unspecified atom stereocenters. The number of oxazole rings is 1. The van der Waals surface area contributed by atoms with E-state index in [1.54, 1.807) is 12.4 Å². The van der Waals surface area contributed by atoms with E-state index in [9.17, 15) is 4.21 Å². The maximum Gasteiger partial charge on any atom is 0.207 e. The molecule has 2 aromatic heterocycles. The van der Waals surface area contributed by atoms with E-state index < -0.39 is 10.8 Å². The average Bonchev–Trinajstić information content (AvgIpc) is 3.35. The Hall–Kier alpha value is -2.07. The normalized spacial score (nSPS) is 13.0. The van der Waals surface area contributed by atoms with Crippen LogP contribution in [0.3, 0.4) is 0 Å². The summed E-state index contributed by atoms with van der Waals surface area (Å²) in [6.07, 6.45) is 3.37. The number of anilines is 2. The highest BCUT2D eigenvalue weighted by atomic mass is 32.2. The molecule has 0 saturated heterocycles. The molecule has 1 aromatic carbocycles. The third kappa shape index (κ3) is 7.24. The predicted octanol–water partition coefficient (Wildman–Crippen LogP) is 4.13. The van der Waals surface area contributed by atoms with Crippen molar-refractivity contribution >= 4 is 33.0 Å². The average molecular weight is 462 g/mol. The van der Waals surface area contributed by atoms with E-state index in [0.29, 0.717) is 15.2 Å². The van der Waals surface area contributed by atoms with Crippen molar-refractivity contribution in [2.75, 3.05) is 32.5 Å². The van der Waals surface area contributed by atoms with E-state index in [2.05, 4.69) is 72.5 Å². The summed E-state index contributed by atoms with van der Waals surface area (Å²) in [6, 6.07) is 8.22. The van der Waals surface area contributed by atoms with Crippen molar-refractivity contribution < 1.29 is 8.63 Å². The number of thiazole rings is 1. The van der Waals surface area contributed by atoms with Gasteiger partial charge in [-0.2, -0.15) is 0 Å². The maximum absolute atomic E-state index is 12.7. The maximum atomic E-state index is 12.7. The molecule has 31 heavy (non-hydrogen) atoms. The minimum atomic E-state index is -1.25. The molecule has 2 N–H and O–H groups in total. The van der Waals surface area contributed by atoms with Gasteiger partial charge in [-0.1, -0.05) is 44.2 Å². The second-order valence-electron chi connectivity index (χ2n) is 8.65. The van der Waals surface area contributed by atoms with Crippen LogP contribution in [-0.4, -0.2) is 46.3 Å². The van der Waals surface area contributed by atoms with Crippen molar-refractivity contribution in [3.8, 4) is 0 Å². The summed E-state index contributed by atoms with van der Waals surface area (Å²) in [6.45, 7) is 8.93. The lowest BCUT2D eigenvalue weighted by Gasteiger charge is -2.12. The van der Waals surface area contributed by atoms with Crippen LogP contribution in [0.5, 0.6) is 0 Å². The molecular weight excluding hydrogens is 430 g/mol. The third-order valence-corrected chi connectivity index (χ3v) is 7.08. The number of hydrogen-bond donors (Lipinski definition) is 2. The van der Waals surface area contributed by atoms with Gasteiger partial charge in [-0.15, -0.1) is 0 Å². The first kappa shape index (κ1) is 23.6. The smallest absolute Gasteiger partial charge is 0.207 e. The first-order valence-electron chi connectivity index (χ1n) is 10.2. The molecule has 0 saturated carbocycles. The SMILES string of the molecule is CN(C)CCNCc1cccc(Nc2ncc(S(=O)Cc3ncc(C(C)(C)C)o3)s2)c1. The van der Waals surface area contributed by atoms with E-state index in [0.717, 1.165) is 31.1 Å². The van der Waals surface area contributed by atoms with E-state index in [1.807, 2.05) is 12.1 Å². The molecule has 7 nitrogen and oxygen atoms in total. The van der Waals surface area contributed by atoms with Crippen molar-refractivity contribution in [2.45, 2.75) is 42.7 Å². The fraction of sp³-hybridized carbons (Fsp3) is 0.455. The lowest BCUT2D eigenvalue weighted by molar-refractivity contribution is 0.390. The topological polar surface area (TPSA) is 83.3 Å². The Morgan fingerprint density at radius 2 is 2.00 bits per heavy atom. The Morgan fingerprint density at radius 3 is 2.71 bits per heavy atom. The second-order valence-corrected chi connectivity index (χ2v) is 11.4.